The molecule has 0 amide bonds. The Kier molecular flexibility index (Phi) is 3.97. The topological polar surface area (TPSA) is 106 Å². The third-order valence-corrected chi connectivity index (χ3v) is 3.59. The van der Waals surface area contributed by atoms with Crippen LogP contribution < -0.4 is 5.32 Å². The van der Waals surface area contributed by atoms with Gasteiger partial charge in [-0.05, 0) is 33.8 Å². The Balaban J connectivity index is 2.26. The number of nitrogens with one attached hydrogen (secondary N) is 1. The molecule has 2 aromatic rings. The first-order chi connectivity index (χ1) is 10.1. The summed E-state index contributed by atoms with van der Waals surface area (Å²) in [5.41, 5.74) is -0.337. The third kappa shape index (κ3) is 2.82. The SMILES string of the molecule is Cc1cc([C@@](C)(O)CNc2c([N+](=O)[O-])c(C)nn2C)c(C)o1. The summed E-state index contributed by atoms with van der Waals surface area (Å²) in [5, 5.41) is 28.8. The van der Waals surface area contributed by atoms with E-state index in [9.17, 15) is 15.2 Å². The molecule has 0 aliphatic carbocycles. The third-order valence-electron chi connectivity index (χ3n) is 3.59. The van der Waals surface area contributed by atoms with Crippen LogP contribution in [0.5, 0.6) is 0 Å². The molecule has 0 saturated carbocycles. The minimum Gasteiger partial charge on any atom is -0.466 e. The molecule has 0 fully saturated rings. The van der Waals surface area contributed by atoms with Crippen LogP contribution in [0.3, 0.4) is 0 Å². The quantitative estimate of drug-likeness (QED) is 0.647. The van der Waals surface area contributed by atoms with Crippen molar-refractivity contribution >= 4 is 11.5 Å². The lowest BCUT2D eigenvalue weighted by molar-refractivity contribution is -0.384. The number of rotatable bonds is 5. The number of aliphatic hydroxyl groups is 1. The van der Waals surface area contributed by atoms with Gasteiger partial charge in [0.2, 0.25) is 5.82 Å². The molecule has 2 aromatic heterocycles. The number of hydrogen-bond acceptors (Lipinski definition) is 6. The molecule has 2 rings (SSSR count). The lowest BCUT2D eigenvalue weighted by Gasteiger charge is -2.23. The second-order valence-electron chi connectivity index (χ2n) is 5.62. The van der Waals surface area contributed by atoms with E-state index in [0.29, 0.717) is 22.8 Å². The van der Waals surface area contributed by atoms with Crippen molar-refractivity contribution in [3.05, 3.63) is 39.0 Å². The number of hydrogen-bond donors (Lipinski definition) is 2. The van der Waals surface area contributed by atoms with Crippen molar-refractivity contribution in [1.29, 1.82) is 0 Å². The molecule has 22 heavy (non-hydrogen) atoms. The van der Waals surface area contributed by atoms with Gasteiger partial charge in [-0.2, -0.15) is 5.10 Å². The van der Waals surface area contributed by atoms with Gasteiger partial charge in [0, 0.05) is 19.2 Å². The maximum absolute atomic E-state index is 11.1. The standard InChI is InChI=1S/C14H20N4O4/c1-8-6-11(10(3)22-8)14(4,19)7-15-13-12(18(20)21)9(2)16-17(13)5/h6,15,19H,7H2,1-5H3/t14-/m0/s1. The van der Waals surface area contributed by atoms with E-state index in [0.717, 1.165) is 0 Å². The summed E-state index contributed by atoms with van der Waals surface area (Å²) >= 11 is 0. The molecule has 2 heterocycles. The molecule has 1 atom stereocenters. The first-order valence-corrected chi connectivity index (χ1v) is 6.85. The van der Waals surface area contributed by atoms with Crippen LogP contribution in [-0.2, 0) is 12.6 Å². The molecule has 0 radical (unpaired) electrons. The molecular formula is C14H20N4O4. The lowest BCUT2D eigenvalue weighted by atomic mass is 9.96. The van der Waals surface area contributed by atoms with Crippen LogP contribution in [0.15, 0.2) is 10.5 Å². The van der Waals surface area contributed by atoms with Crippen LogP contribution in [0.2, 0.25) is 0 Å². The zero-order valence-electron chi connectivity index (χ0n) is 13.3. The van der Waals surface area contributed by atoms with Gasteiger partial charge >= 0.3 is 5.69 Å². The van der Waals surface area contributed by atoms with Crippen LogP contribution in [0.1, 0.15) is 29.7 Å². The minimum absolute atomic E-state index is 0.0848. The van der Waals surface area contributed by atoms with Gasteiger partial charge in [-0.3, -0.25) is 10.1 Å². The highest BCUT2D eigenvalue weighted by atomic mass is 16.6. The smallest absolute Gasteiger partial charge is 0.333 e. The molecule has 8 heteroatoms. The van der Waals surface area contributed by atoms with E-state index >= 15 is 0 Å². The van der Waals surface area contributed by atoms with Gasteiger partial charge in [-0.1, -0.05) is 0 Å². The van der Waals surface area contributed by atoms with Crippen molar-refractivity contribution in [3.8, 4) is 0 Å². The molecule has 8 nitrogen and oxygen atoms in total. The Hall–Kier alpha value is -2.35. The Bertz CT molecular complexity index is 715. The average Bonchev–Trinajstić information content (AvgIpc) is 2.86. The number of furan rings is 1. The van der Waals surface area contributed by atoms with Crippen LogP contribution in [0.25, 0.3) is 0 Å². The van der Waals surface area contributed by atoms with E-state index in [4.69, 9.17) is 4.42 Å². The molecule has 0 aliphatic heterocycles. The summed E-state index contributed by atoms with van der Waals surface area (Å²) in [7, 11) is 1.62. The van der Waals surface area contributed by atoms with Crippen molar-refractivity contribution in [2.75, 3.05) is 11.9 Å². The summed E-state index contributed by atoms with van der Waals surface area (Å²) in [4.78, 5) is 10.7. The summed E-state index contributed by atoms with van der Waals surface area (Å²) in [5.74, 6) is 1.59. The van der Waals surface area contributed by atoms with Crippen molar-refractivity contribution in [3.63, 3.8) is 0 Å². The molecular weight excluding hydrogens is 288 g/mol. The maximum Gasteiger partial charge on any atom is 0.333 e. The largest absolute Gasteiger partial charge is 0.466 e. The van der Waals surface area contributed by atoms with Gasteiger partial charge < -0.3 is 14.8 Å². The van der Waals surface area contributed by atoms with Gasteiger partial charge in [-0.15, -0.1) is 0 Å². The van der Waals surface area contributed by atoms with Crippen molar-refractivity contribution in [2.45, 2.75) is 33.3 Å². The van der Waals surface area contributed by atoms with E-state index < -0.39 is 10.5 Å². The van der Waals surface area contributed by atoms with E-state index in [1.165, 1.54) is 4.68 Å². The van der Waals surface area contributed by atoms with Gasteiger partial charge in [-0.25, -0.2) is 4.68 Å². The summed E-state index contributed by atoms with van der Waals surface area (Å²) in [6.07, 6.45) is 0. The van der Waals surface area contributed by atoms with Gasteiger partial charge in [0.05, 0.1) is 4.92 Å². The van der Waals surface area contributed by atoms with Crippen LogP contribution in [-0.4, -0.2) is 26.4 Å². The molecule has 0 aromatic carbocycles. The van der Waals surface area contributed by atoms with Crippen LogP contribution >= 0.6 is 0 Å². The molecule has 0 unspecified atom stereocenters. The van der Waals surface area contributed by atoms with E-state index in [2.05, 4.69) is 10.4 Å². The predicted octanol–water partition coefficient (Wildman–Crippen LogP) is 2.17. The van der Waals surface area contributed by atoms with Gasteiger partial charge in [0.25, 0.3) is 0 Å². The monoisotopic (exact) mass is 308 g/mol. The van der Waals surface area contributed by atoms with Crippen molar-refractivity contribution < 1.29 is 14.4 Å². The predicted molar refractivity (Wildman–Crippen MR) is 80.8 cm³/mol. The van der Waals surface area contributed by atoms with E-state index in [1.807, 2.05) is 0 Å². The number of aromatic nitrogens is 2. The van der Waals surface area contributed by atoms with E-state index in [-0.39, 0.29) is 18.1 Å². The Morgan fingerprint density at radius 2 is 2.14 bits per heavy atom. The van der Waals surface area contributed by atoms with Crippen molar-refractivity contribution in [1.82, 2.24) is 9.78 Å². The fraction of sp³-hybridized carbons (Fsp3) is 0.500. The van der Waals surface area contributed by atoms with Crippen molar-refractivity contribution in [2.24, 2.45) is 7.05 Å². The molecule has 0 saturated heterocycles. The Morgan fingerprint density at radius 1 is 1.50 bits per heavy atom. The minimum atomic E-state index is -1.23. The maximum atomic E-state index is 11.1. The number of nitrogens with zero attached hydrogens (tertiary/aromatic N) is 3. The highest BCUT2D eigenvalue weighted by molar-refractivity contribution is 5.59. The highest BCUT2D eigenvalue weighted by Gasteiger charge is 2.30. The second-order valence-corrected chi connectivity index (χ2v) is 5.62. The molecule has 0 aliphatic rings. The van der Waals surface area contributed by atoms with Gasteiger partial charge in [0.1, 0.15) is 22.8 Å². The first-order valence-electron chi connectivity index (χ1n) is 6.85. The molecule has 2 N–H and O–H groups in total. The zero-order chi connectivity index (χ0) is 16.7. The van der Waals surface area contributed by atoms with Crippen LogP contribution in [0.4, 0.5) is 11.5 Å². The lowest BCUT2D eigenvalue weighted by Crippen LogP contribution is -2.31. The second kappa shape index (κ2) is 5.45. The number of aryl methyl sites for hydroxylation is 4. The number of anilines is 1. The van der Waals surface area contributed by atoms with E-state index in [1.54, 1.807) is 40.8 Å². The first kappa shape index (κ1) is 16.0. The number of nitro groups is 1. The summed E-state index contributed by atoms with van der Waals surface area (Å²) in [6.45, 7) is 6.87. The fourth-order valence-corrected chi connectivity index (χ4v) is 2.58. The molecule has 120 valence electrons. The fourth-order valence-electron chi connectivity index (χ4n) is 2.58. The molecule has 0 spiro atoms. The summed E-state index contributed by atoms with van der Waals surface area (Å²) in [6, 6.07) is 1.76. The zero-order valence-corrected chi connectivity index (χ0v) is 13.3. The average molecular weight is 308 g/mol. The van der Waals surface area contributed by atoms with Crippen LogP contribution in [0, 0.1) is 30.9 Å². The Labute approximate surface area is 127 Å². The normalized spacial score (nSPS) is 13.9. The Morgan fingerprint density at radius 3 is 2.64 bits per heavy atom. The highest BCUT2D eigenvalue weighted by Crippen LogP contribution is 2.31. The van der Waals surface area contributed by atoms with Gasteiger partial charge in [0.15, 0.2) is 0 Å². The molecule has 0 bridgehead atoms. The summed E-state index contributed by atoms with van der Waals surface area (Å²) < 4.78 is 6.83.